The first kappa shape index (κ1) is 15.9. The number of benzene rings is 1. The van der Waals surface area contributed by atoms with Gasteiger partial charge in [-0.25, -0.2) is 21.8 Å². The molecule has 0 spiro atoms. The summed E-state index contributed by atoms with van der Waals surface area (Å²) >= 11 is 5.93. The van der Waals surface area contributed by atoms with Crippen molar-refractivity contribution in [2.75, 3.05) is 19.8 Å². The second-order valence-corrected chi connectivity index (χ2v) is 7.28. The van der Waals surface area contributed by atoms with Crippen LogP contribution in [0.5, 0.6) is 0 Å². The van der Waals surface area contributed by atoms with E-state index in [0.29, 0.717) is 5.69 Å². The van der Waals surface area contributed by atoms with Crippen molar-refractivity contribution in [2.24, 2.45) is 0 Å². The Morgan fingerprint density at radius 1 is 1.38 bits per heavy atom. The Bertz CT molecular complexity index is 725. The van der Waals surface area contributed by atoms with Gasteiger partial charge in [0.1, 0.15) is 11.5 Å². The van der Waals surface area contributed by atoms with Gasteiger partial charge in [0.05, 0.1) is 22.7 Å². The number of rotatable bonds is 5. The monoisotopic (exact) mass is 332 g/mol. The minimum absolute atomic E-state index is 0.0911. The molecule has 2 rings (SSSR count). The summed E-state index contributed by atoms with van der Waals surface area (Å²) in [6.07, 6.45) is 1.65. The van der Waals surface area contributed by atoms with Crippen LogP contribution in [0.1, 0.15) is 5.69 Å². The molecule has 6 nitrogen and oxygen atoms in total. The Hall–Kier alpha value is -1.51. The van der Waals surface area contributed by atoms with Crippen molar-refractivity contribution >= 4 is 21.6 Å². The molecule has 21 heavy (non-hydrogen) atoms. The molecule has 0 aliphatic heterocycles. The Morgan fingerprint density at radius 2 is 2.10 bits per heavy atom. The maximum Gasteiger partial charge on any atom is 0.213 e. The van der Waals surface area contributed by atoms with Crippen molar-refractivity contribution in [3.05, 3.63) is 40.9 Å². The van der Waals surface area contributed by atoms with Crippen molar-refractivity contribution < 1.29 is 12.8 Å². The van der Waals surface area contributed by atoms with Gasteiger partial charge in [-0.15, -0.1) is 5.10 Å². The van der Waals surface area contributed by atoms with E-state index in [1.165, 1.54) is 43.2 Å². The van der Waals surface area contributed by atoms with Crippen molar-refractivity contribution in [1.82, 2.24) is 19.3 Å². The molecule has 1 heterocycles. The van der Waals surface area contributed by atoms with Gasteiger partial charge in [-0.05, 0) is 12.1 Å². The second kappa shape index (κ2) is 6.08. The quantitative estimate of drug-likeness (QED) is 0.832. The van der Waals surface area contributed by atoms with E-state index in [4.69, 9.17) is 11.6 Å². The Morgan fingerprint density at radius 3 is 2.71 bits per heavy atom. The van der Waals surface area contributed by atoms with Gasteiger partial charge in [0.25, 0.3) is 0 Å². The number of nitrogens with zero attached hydrogens (tertiary/aromatic N) is 4. The Balaban J connectivity index is 2.20. The first-order chi connectivity index (χ1) is 9.81. The largest absolute Gasteiger partial charge is 0.216 e. The molecule has 0 saturated heterocycles. The molecule has 0 atom stereocenters. The van der Waals surface area contributed by atoms with Crippen LogP contribution in [-0.2, 0) is 16.4 Å². The first-order valence-electron chi connectivity index (χ1n) is 6.07. The van der Waals surface area contributed by atoms with Crippen LogP contribution in [0.3, 0.4) is 0 Å². The third kappa shape index (κ3) is 3.58. The maximum absolute atomic E-state index is 13.8. The van der Waals surface area contributed by atoms with E-state index in [9.17, 15) is 12.8 Å². The minimum atomic E-state index is -3.31. The van der Waals surface area contributed by atoms with E-state index >= 15 is 0 Å². The number of hydrogen-bond acceptors (Lipinski definition) is 4. The lowest BCUT2D eigenvalue weighted by molar-refractivity contribution is 0.520. The molecule has 0 radical (unpaired) electrons. The number of para-hydroxylation sites is 1. The predicted octanol–water partition coefficient (Wildman–Crippen LogP) is 1.49. The van der Waals surface area contributed by atoms with E-state index < -0.39 is 15.8 Å². The summed E-state index contributed by atoms with van der Waals surface area (Å²) in [5, 5.41) is 7.83. The van der Waals surface area contributed by atoms with E-state index in [0.717, 1.165) is 4.31 Å². The number of halogens is 2. The van der Waals surface area contributed by atoms with Gasteiger partial charge in [-0.1, -0.05) is 22.9 Å². The van der Waals surface area contributed by atoms with Gasteiger partial charge in [-0.2, -0.15) is 0 Å². The van der Waals surface area contributed by atoms with Crippen LogP contribution >= 0.6 is 11.6 Å². The Labute approximate surface area is 127 Å². The molecule has 0 N–H and O–H groups in total. The minimum Gasteiger partial charge on any atom is -0.216 e. The number of hydrogen-bond donors (Lipinski definition) is 0. The topological polar surface area (TPSA) is 68.1 Å². The number of aryl methyl sites for hydroxylation is 1. The van der Waals surface area contributed by atoms with Gasteiger partial charge in [0.15, 0.2) is 0 Å². The zero-order valence-corrected chi connectivity index (χ0v) is 13.1. The Kier molecular flexibility index (Phi) is 4.60. The lowest BCUT2D eigenvalue weighted by atomic mass is 10.3. The fourth-order valence-electron chi connectivity index (χ4n) is 1.65. The summed E-state index contributed by atoms with van der Waals surface area (Å²) in [5.41, 5.74) is 0.535. The summed E-state index contributed by atoms with van der Waals surface area (Å²) in [6, 6.07) is 4.29. The molecule has 0 amide bonds. The molecular formula is C12H14ClFN4O2S. The fraction of sp³-hybridized carbons (Fsp3) is 0.333. The standard InChI is InChI=1S/C12H14ClFN4O2S/c1-17(2)21(19,20)7-6-9-8-18(16-15-9)12-10(13)4-3-5-11(12)14/h3-5,8H,6-7H2,1-2H3. The molecule has 9 heteroatoms. The van der Waals surface area contributed by atoms with Crippen LogP contribution in [0.2, 0.25) is 5.02 Å². The van der Waals surface area contributed by atoms with Crippen molar-refractivity contribution in [2.45, 2.75) is 6.42 Å². The van der Waals surface area contributed by atoms with E-state index in [1.54, 1.807) is 0 Å². The molecule has 0 fully saturated rings. The van der Waals surface area contributed by atoms with Gasteiger partial charge in [0, 0.05) is 20.5 Å². The number of sulfonamides is 1. The lowest BCUT2D eigenvalue weighted by Crippen LogP contribution is -2.26. The molecule has 114 valence electrons. The molecule has 1 aromatic carbocycles. The number of aromatic nitrogens is 3. The smallest absolute Gasteiger partial charge is 0.213 e. The summed E-state index contributed by atoms with van der Waals surface area (Å²) in [5.74, 6) is -0.621. The van der Waals surface area contributed by atoms with E-state index in [1.807, 2.05) is 0 Å². The lowest BCUT2D eigenvalue weighted by Gasteiger charge is -2.09. The molecule has 0 unspecified atom stereocenters. The molecule has 0 aliphatic carbocycles. The molecule has 1 aromatic heterocycles. The van der Waals surface area contributed by atoms with Gasteiger partial charge in [-0.3, -0.25) is 0 Å². The third-order valence-electron chi connectivity index (χ3n) is 2.88. The van der Waals surface area contributed by atoms with Crippen LogP contribution in [0, 0.1) is 5.82 Å². The van der Waals surface area contributed by atoms with Crippen LogP contribution in [0.25, 0.3) is 5.69 Å². The van der Waals surface area contributed by atoms with Crippen LogP contribution in [-0.4, -0.2) is 47.6 Å². The van der Waals surface area contributed by atoms with Gasteiger partial charge >= 0.3 is 0 Å². The third-order valence-corrected chi connectivity index (χ3v) is 5.02. The highest BCUT2D eigenvalue weighted by Gasteiger charge is 2.16. The summed E-state index contributed by atoms with van der Waals surface area (Å²) in [7, 11) is -0.385. The zero-order valence-electron chi connectivity index (χ0n) is 11.5. The zero-order chi connectivity index (χ0) is 15.6. The normalized spacial score (nSPS) is 12.0. The van der Waals surface area contributed by atoms with Gasteiger partial charge < -0.3 is 0 Å². The fourth-order valence-corrected chi connectivity index (χ4v) is 2.73. The predicted molar refractivity (Wildman–Crippen MR) is 77.5 cm³/mol. The SMILES string of the molecule is CN(C)S(=O)(=O)CCc1cn(-c2c(F)cccc2Cl)nn1. The van der Waals surface area contributed by atoms with E-state index in [2.05, 4.69) is 10.3 Å². The second-order valence-electron chi connectivity index (χ2n) is 4.57. The highest BCUT2D eigenvalue weighted by Crippen LogP contribution is 2.22. The van der Waals surface area contributed by atoms with Gasteiger partial charge in [0.2, 0.25) is 10.0 Å². The highest BCUT2D eigenvalue weighted by molar-refractivity contribution is 7.89. The molecule has 0 bridgehead atoms. The van der Waals surface area contributed by atoms with Crippen LogP contribution in [0.4, 0.5) is 4.39 Å². The summed E-state index contributed by atoms with van der Waals surface area (Å²) < 4.78 is 39.5. The van der Waals surface area contributed by atoms with Crippen molar-refractivity contribution in [1.29, 1.82) is 0 Å². The summed E-state index contributed by atoms with van der Waals surface area (Å²) in [6.45, 7) is 0. The molecule has 0 aliphatic rings. The van der Waals surface area contributed by atoms with Crippen molar-refractivity contribution in [3.63, 3.8) is 0 Å². The first-order valence-corrected chi connectivity index (χ1v) is 8.06. The molecular weight excluding hydrogens is 319 g/mol. The molecule has 2 aromatic rings. The average molecular weight is 333 g/mol. The van der Waals surface area contributed by atoms with Crippen LogP contribution in [0.15, 0.2) is 24.4 Å². The van der Waals surface area contributed by atoms with E-state index in [-0.39, 0.29) is 22.9 Å². The highest BCUT2D eigenvalue weighted by atomic mass is 35.5. The van der Waals surface area contributed by atoms with Crippen molar-refractivity contribution in [3.8, 4) is 5.69 Å². The van der Waals surface area contributed by atoms with Crippen LogP contribution < -0.4 is 0 Å². The average Bonchev–Trinajstić information content (AvgIpc) is 2.85. The molecule has 0 saturated carbocycles. The maximum atomic E-state index is 13.8. The summed E-state index contributed by atoms with van der Waals surface area (Å²) in [4.78, 5) is 0.